The predicted octanol–water partition coefficient (Wildman–Crippen LogP) is 4.27. The van der Waals surface area contributed by atoms with Crippen LogP contribution in [0.2, 0.25) is 0 Å². The molecule has 0 unspecified atom stereocenters. The third kappa shape index (κ3) is 3.95. The summed E-state index contributed by atoms with van der Waals surface area (Å²) in [5.41, 5.74) is 8.84. The molecule has 1 aliphatic carbocycles. The van der Waals surface area contributed by atoms with Crippen molar-refractivity contribution in [2.24, 2.45) is 0 Å². The van der Waals surface area contributed by atoms with Crippen molar-refractivity contribution < 1.29 is 9.90 Å². The monoisotopic (exact) mass is 362 g/mol. The van der Waals surface area contributed by atoms with E-state index in [4.69, 9.17) is 4.98 Å². The van der Waals surface area contributed by atoms with Gasteiger partial charge in [0.25, 0.3) is 0 Å². The molecule has 140 valence electrons. The van der Waals surface area contributed by atoms with Gasteiger partial charge in [-0.05, 0) is 67.5 Å². The maximum absolute atomic E-state index is 11.6. The van der Waals surface area contributed by atoms with Gasteiger partial charge in [-0.2, -0.15) is 0 Å². The van der Waals surface area contributed by atoms with Crippen LogP contribution >= 0.6 is 0 Å². The molecular formula is C23H26N2O2. The van der Waals surface area contributed by atoms with Gasteiger partial charge in [0.05, 0.1) is 17.0 Å². The highest BCUT2D eigenvalue weighted by molar-refractivity contribution is 5.93. The van der Waals surface area contributed by atoms with Crippen molar-refractivity contribution in [1.82, 2.24) is 10.3 Å². The predicted molar refractivity (Wildman–Crippen MR) is 109 cm³/mol. The number of nitrogens with one attached hydrogen (secondary N) is 1. The van der Waals surface area contributed by atoms with E-state index in [9.17, 15) is 9.90 Å². The number of aromatic nitrogens is 1. The lowest BCUT2D eigenvalue weighted by Crippen LogP contribution is -2.17. The Balaban J connectivity index is 2.01. The van der Waals surface area contributed by atoms with Crippen molar-refractivity contribution in [3.63, 3.8) is 0 Å². The first-order chi connectivity index (χ1) is 12.9. The average molecular weight is 362 g/mol. The Kier molecular flexibility index (Phi) is 5.45. The number of hydrogen-bond donors (Lipinski definition) is 2. The SMILES string of the molecule is CCc1cccc(C)c1CNC1=CC(C(=O)O)=CCc2cc(C)c(C)nc21. The van der Waals surface area contributed by atoms with Crippen LogP contribution in [0.25, 0.3) is 5.70 Å². The summed E-state index contributed by atoms with van der Waals surface area (Å²) in [5, 5.41) is 13.0. The number of pyridine rings is 1. The number of benzene rings is 1. The van der Waals surface area contributed by atoms with E-state index in [1.54, 1.807) is 12.2 Å². The van der Waals surface area contributed by atoms with Crippen molar-refractivity contribution in [2.75, 3.05) is 0 Å². The Bertz CT molecular complexity index is 955. The zero-order valence-corrected chi connectivity index (χ0v) is 16.4. The fraction of sp³-hybridized carbons (Fsp3) is 0.304. The van der Waals surface area contributed by atoms with Gasteiger partial charge in [-0.15, -0.1) is 0 Å². The van der Waals surface area contributed by atoms with Gasteiger partial charge in [-0.1, -0.05) is 37.3 Å². The lowest BCUT2D eigenvalue weighted by molar-refractivity contribution is -0.132. The van der Waals surface area contributed by atoms with E-state index in [1.807, 2.05) is 13.8 Å². The highest BCUT2D eigenvalue weighted by atomic mass is 16.4. The van der Waals surface area contributed by atoms with E-state index in [2.05, 4.69) is 43.4 Å². The zero-order valence-electron chi connectivity index (χ0n) is 16.4. The van der Waals surface area contributed by atoms with Gasteiger partial charge in [0.2, 0.25) is 0 Å². The van der Waals surface area contributed by atoms with Gasteiger partial charge in [0.15, 0.2) is 0 Å². The van der Waals surface area contributed by atoms with Crippen molar-refractivity contribution in [2.45, 2.75) is 47.1 Å². The average Bonchev–Trinajstić information content (AvgIpc) is 2.81. The molecule has 0 saturated heterocycles. The number of hydrogen-bond acceptors (Lipinski definition) is 3. The molecule has 0 saturated carbocycles. The number of aryl methyl sites for hydroxylation is 4. The molecule has 0 spiro atoms. The Morgan fingerprint density at radius 2 is 2.00 bits per heavy atom. The fourth-order valence-corrected chi connectivity index (χ4v) is 3.47. The lowest BCUT2D eigenvalue weighted by atomic mass is 9.99. The van der Waals surface area contributed by atoms with Crippen LogP contribution in [-0.2, 0) is 24.2 Å². The number of carboxylic acids is 1. The lowest BCUT2D eigenvalue weighted by Gasteiger charge is -2.17. The van der Waals surface area contributed by atoms with Crippen molar-refractivity contribution >= 4 is 11.7 Å². The molecule has 1 heterocycles. The Labute approximate surface area is 160 Å². The summed E-state index contributed by atoms with van der Waals surface area (Å²) < 4.78 is 0. The summed E-state index contributed by atoms with van der Waals surface area (Å²) in [6.45, 7) is 8.92. The molecule has 1 aromatic heterocycles. The summed E-state index contributed by atoms with van der Waals surface area (Å²) >= 11 is 0. The molecule has 1 aliphatic rings. The molecule has 0 amide bonds. The molecular weight excluding hydrogens is 336 g/mol. The molecule has 3 rings (SSSR count). The largest absolute Gasteiger partial charge is 0.478 e. The molecule has 0 atom stereocenters. The number of carbonyl (C=O) groups is 1. The van der Waals surface area contributed by atoms with E-state index in [0.717, 1.165) is 34.6 Å². The molecule has 4 nitrogen and oxygen atoms in total. The fourth-order valence-electron chi connectivity index (χ4n) is 3.47. The first-order valence-electron chi connectivity index (χ1n) is 9.34. The maximum Gasteiger partial charge on any atom is 0.335 e. The first-order valence-corrected chi connectivity index (χ1v) is 9.34. The zero-order chi connectivity index (χ0) is 19.6. The highest BCUT2D eigenvalue weighted by Crippen LogP contribution is 2.25. The minimum Gasteiger partial charge on any atom is -0.478 e. The first kappa shape index (κ1) is 18.9. The van der Waals surface area contributed by atoms with E-state index in [1.165, 1.54) is 16.7 Å². The summed E-state index contributed by atoms with van der Waals surface area (Å²) in [4.78, 5) is 16.4. The van der Waals surface area contributed by atoms with Crippen LogP contribution < -0.4 is 5.32 Å². The minimum absolute atomic E-state index is 0.298. The number of allylic oxidation sites excluding steroid dienone is 1. The maximum atomic E-state index is 11.6. The van der Waals surface area contributed by atoms with E-state index < -0.39 is 5.97 Å². The summed E-state index contributed by atoms with van der Waals surface area (Å²) in [6, 6.07) is 8.45. The standard InChI is InChI=1S/C23H26N2O2/c1-5-17-8-6-7-14(2)20(17)13-24-21-12-19(23(26)27)10-9-18-11-15(3)16(4)25-22(18)21/h6-8,10-12,24H,5,9,13H2,1-4H3,(H,26,27). The Morgan fingerprint density at radius 1 is 1.22 bits per heavy atom. The van der Waals surface area contributed by atoms with Crippen molar-refractivity contribution in [1.29, 1.82) is 0 Å². The van der Waals surface area contributed by atoms with E-state index in [0.29, 0.717) is 18.5 Å². The number of rotatable bonds is 5. The van der Waals surface area contributed by atoms with Gasteiger partial charge >= 0.3 is 5.97 Å². The Morgan fingerprint density at radius 3 is 2.70 bits per heavy atom. The van der Waals surface area contributed by atoms with Crippen LogP contribution in [0.4, 0.5) is 0 Å². The third-order valence-electron chi connectivity index (χ3n) is 5.23. The van der Waals surface area contributed by atoms with Crippen LogP contribution in [0.5, 0.6) is 0 Å². The highest BCUT2D eigenvalue weighted by Gasteiger charge is 2.18. The van der Waals surface area contributed by atoms with Gasteiger partial charge in [-0.3, -0.25) is 4.98 Å². The quantitative estimate of drug-likeness (QED) is 0.834. The molecule has 0 fully saturated rings. The molecule has 0 radical (unpaired) electrons. The van der Waals surface area contributed by atoms with Crippen LogP contribution in [0.3, 0.4) is 0 Å². The summed E-state index contributed by atoms with van der Waals surface area (Å²) in [5.74, 6) is -0.916. The van der Waals surface area contributed by atoms with E-state index in [-0.39, 0.29) is 0 Å². The number of fused-ring (bicyclic) bond motifs is 1. The summed E-state index contributed by atoms with van der Waals surface area (Å²) in [6.07, 6.45) is 5.00. The van der Waals surface area contributed by atoms with Gasteiger partial charge in [0.1, 0.15) is 0 Å². The second-order valence-electron chi connectivity index (χ2n) is 7.04. The number of nitrogens with zero attached hydrogens (tertiary/aromatic N) is 1. The van der Waals surface area contributed by atoms with Crippen LogP contribution in [0.1, 0.15) is 46.1 Å². The minimum atomic E-state index is -0.916. The van der Waals surface area contributed by atoms with Gasteiger partial charge < -0.3 is 10.4 Å². The van der Waals surface area contributed by atoms with Crippen LogP contribution in [0.15, 0.2) is 42.0 Å². The molecule has 2 N–H and O–H groups in total. The Hall–Kier alpha value is -2.88. The number of carboxylic acid groups (broad SMARTS) is 1. The van der Waals surface area contributed by atoms with Crippen LogP contribution in [0, 0.1) is 20.8 Å². The second-order valence-corrected chi connectivity index (χ2v) is 7.04. The summed E-state index contributed by atoms with van der Waals surface area (Å²) in [7, 11) is 0. The second kappa shape index (κ2) is 7.78. The smallest absolute Gasteiger partial charge is 0.335 e. The molecule has 0 aliphatic heterocycles. The van der Waals surface area contributed by atoms with Gasteiger partial charge in [0, 0.05) is 12.2 Å². The van der Waals surface area contributed by atoms with E-state index >= 15 is 0 Å². The number of aliphatic carboxylic acids is 1. The molecule has 2 aromatic rings. The van der Waals surface area contributed by atoms with Crippen LogP contribution in [-0.4, -0.2) is 16.1 Å². The third-order valence-corrected chi connectivity index (χ3v) is 5.23. The normalized spacial score (nSPS) is 13.3. The molecule has 0 bridgehead atoms. The topological polar surface area (TPSA) is 62.2 Å². The molecule has 1 aromatic carbocycles. The van der Waals surface area contributed by atoms with Crippen molar-refractivity contribution in [3.05, 3.63) is 81.2 Å². The molecule has 27 heavy (non-hydrogen) atoms. The van der Waals surface area contributed by atoms with Crippen molar-refractivity contribution in [3.8, 4) is 0 Å². The molecule has 4 heteroatoms. The van der Waals surface area contributed by atoms with Gasteiger partial charge in [-0.25, -0.2) is 4.79 Å².